The molecule has 0 radical (unpaired) electrons. The number of benzene rings is 2. The molecule has 0 fully saturated rings. The van der Waals surface area contributed by atoms with Gasteiger partial charge in [0.05, 0.1) is 17.4 Å². The van der Waals surface area contributed by atoms with Gasteiger partial charge in [0.2, 0.25) is 0 Å². The van der Waals surface area contributed by atoms with Crippen LogP contribution in [0.25, 0.3) is 22.1 Å². The van der Waals surface area contributed by atoms with Crippen LogP contribution in [0, 0.1) is 0 Å². The van der Waals surface area contributed by atoms with E-state index in [0.717, 1.165) is 16.6 Å². The molecule has 1 amide bonds. The molecule has 0 atom stereocenters. The highest BCUT2D eigenvalue weighted by molar-refractivity contribution is 6.06. The SMILES string of the molecule is O=C(Nc1ccc2ncoc2c1)c1ccc2nc[nH]c2c1. The van der Waals surface area contributed by atoms with Gasteiger partial charge in [-0.15, -0.1) is 0 Å². The second-order valence-corrected chi connectivity index (χ2v) is 4.62. The van der Waals surface area contributed by atoms with E-state index in [0.29, 0.717) is 16.8 Å². The van der Waals surface area contributed by atoms with Crippen LogP contribution in [-0.2, 0) is 0 Å². The molecule has 0 bridgehead atoms. The molecule has 0 saturated heterocycles. The van der Waals surface area contributed by atoms with Gasteiger partial charge >= 0.3 is 0 Å². The number of nitrogens with one attached hydrogen (secondary N) is 2. The van der Waals surface area contributed by atoms with E-state index in [1.807, 2.05) is 0 Å². The summed E-state index contributed by atoms with van der Waals surface area (Å²) in [4.78, 5) is 23.4. The lowest BCUT2D eigenvalue weighted by Crippen LogP contribution is -2.11. The highest BCUT2D eigenvalue weighted by Crippen LogP contribution is 2.19. The number of carbonyl (C=O) groups excluding carboxylic acids is 1. The minimum absolute atomic E-state index is 0.189. The molecule has 0 aliphatic carbocycles. The maximum atomic E-state index is 12.3. The number of aromatic nitrogens is 3. The zero-order valence-electron chi connectivity index (χ0n) is 10.8. The molecule has 2 aromatic carbocycles. The number of aromatic amines is 1. The Morgan fingerprint density at radius 1 is 1.10 bits per heavy atom. The van der Waals surface area contributed by atoms with Crippen molar-refractivity contribution < 1.29 is 9.21 Å². The lowest BCUT2D eigenvalue weighted by Gasteiger charge is -2.05. The lowest BCUT2D eigenvalue weighted by molar-refractivity contribution is 0.102. The predicted octanol–water partition coefficient (Wildman–Crippen LogP) is 2.96. The van der Waals surface area contributed by atoms with Gasteiger partial charge in [0, 0.05) is 17.3 Å². The molecule has 0 aliphatic rings. The number of fused-ring (bicyclic) bond motifs is 2. The van der Waals surface area contributed by atoms with Crippen LogP contribution < -0.4 is 5.32 Å². The summed E-state index contributed by atoms with van der Waals surface area (Å²) in [7, 11) is 0. The molecule has 2 N–H and O–H groups in total. The largest absolute Gasteiger partial charge is 0.443 e. The summed E-state index contributed by atoms with van der Waals surface area (Å²) in [6, 6.07) is 10.6. The maximum absolute atomic E-state index is 12.3. The minimum Gasteiger partial charge on any atom is -0.443 e. The second-order valence-electron chi connectivity index (χ2n) is 4.62. The number of hydrogen-bond donors (Lipinski definition) is 2. The average molecular weight is 278 g/mol. The standard InChI is InChI=1S/C15H10N4O2/c20-15(9-1-3-11-13(5-9)17-7-16-11)19-10-2-4-12-14(6-10)21-8-18-12/h1-8H,(H,16,17)(H,19,20). The molecular formula is C15H10N4O2. The van der Waals surface area contributed by atoms with E-state index in [9.17, 15) is 4.79 Å². The molecule has 0 aliphatic heterocycles. The molecule has 4 aromatic rings. The van der Waals surface area contributed by atoms with E-state index >= 15 is 0 Å². The molecule has 6 heteroatoms. The highest BCUT2D eigenvalue weighted by Gasteiger charge is 2.09. The van der Waals surface area contributed by atoms with Crippen LogP contribution in [0.5, 0.6) is 0 Å². The van der Waals surface area contributed by atoms with Crippen LogP contribution >= 0.6 is 0 Å². The number of nitrogens with zero attached hydrogens (tertiary/aromatic N) is 2. The molecule has 0 spiro atoms. The number of hydrogen-bond acceptors (Lipinski definition) is 4. The van der Waals surface area contributed by atoms with Crippen LogP contribution in [-0.4, -0.2) is 20.9 Å². The zero-order valence-corrected chi connectivity index (χ0v) is 10.8. The molecule has 2 heterocycles. The summed E-state index contributed by atoms with van der Waals surface area (Å²) in [6.45, 7) is 0. The predicted molar refractivity (Wildman–Crippen MR) is 78.1 cm³/mol. The van der Waals surface area contributed by atoms with Gasteiger partial charge in [0.15, 0.2) is 12.0 Å². The van der Waals surface area contributed by atoms with Crippen molar-refractivity contribution in [3.05, 3.63) is 54.7 Å². The van der Waals surface area contributed by atoms with Crippen LogP contribution in [0.4, 0.5) is 5.69 Å². The number of anilines is 1. The number of imidazole rings is 1. The fourth-order valence-electron chi connectivity index (χ4n) is 2.21. The average Bonchev–Trinajstić information content (AvgIpc) is 3.14. The van der Waals surface area contributed by atoms with Gasteiger partial charge in [-0.25, -0.2) is 9.97 Å². The normalized spacial score (nSPS) is 11.0. The Morgan fingerprint density at radius 3 is 2.95 bits per heavy atom. The van der Waals surface area contributed by atoms with E-state index < -0.39 is 0 Å². The van der Waals surface area contributed by atoms with Crippen LogP contribution in [0.15, 0.2) is 53.5 Å². The van der Waals surface area contributed by atoms with Crippen molar-refractivity contribution in [3.8, 4) is 0 Å². The fourth-order valence-corrected chi connectivity index (χ4v) is 2.21. The fraction of sp³-hybridized carbons (Fsp3) is 0. The number of carbonyl (C=O) groups is 1. The Balaban J connectivity index is 1.64. The van der Waals surface area contributed by atoms with E-state index in [4.69, 9.17) is 4.42 Å². The summed E-state index contributed by atoms with van der Waals surface area (Å²) in [5.74, 6) is -0.189. The molecule has 0 unspecified atom stereocenters. The Kier molecular flexibility index (Phi) is 2.47. The third kappa shape index (κ3) is 2.02. The molecule has 4 rings (SSSR count). The van der Waals surface area contributed by atoms with Gasteiger partial charge < -0.3 is 14.7 Å². The van der Waals surface area contributed by atoms with Crippen LogP contribution in [0.3, 0.4) is 0 Å². The van der Waals surface area contributed by atoms with Crippen molar-refractivity contribution in [1.82, 2.24) is 15.0 Å². The first-order valence-electron chi connectivity index (χ1n) is 6.37. The van der Waals surface area contributed by atoms with Gasteiger partial charge in [-0.2, -0.15) is 0 Å². The monoisotopic (exact) mass is 278 g/mol. The zero-order chi connectivity index (χ0) is 14.2. The number of H-pyrrole nitrogens is 1. The first-order chi connectivity index (χ1) is 10.3. The van der Waals surface area contributed by atoms with E-state index in [1.165, 1.54) is 6.39 Å². The minimum atomic E-state index is -0.189. The van der Waals surface area contributed by atoms with Gasteiger partial charge in [-0.1, -0.05) is 0 Å². The van der Waals surface area contributed by atoms with Gasteiger partial charge in [-0.3, -0.25) is 4.79 Å². The van der Waals surface area contributed by atoms with E-state index in [2.05, 4.69) is 20.3 Å². The Morgan fingerprint density at radius 2 is 2.00 bits per heavy atom. The number of amides is 1. The van der Waals surface area contributed by atoms with Crippen molar-refractivity contribution in [2.24, 2.45) is 0 Å². The summed E-state index contributed by atoms with van der Waals surface area (Å²) in [5, 5.41) is 2.84. The third-order valence-corrected chi connectivity index (χ3v) is 3.27. The first kappa shape index (κ1) is 11.7. The Bertz CT molecular complexity index is 954. The van der Waals surface area contributed by atoms with Crippen molar-refractivity contribution in [3.63, 3.8) is 0 Å². The van der Waals surface area contributed by atoms with Crippen LogP contribution in [0.1, 0.15) is 10.4 Å². The van der Waals surface area contributed by atoms with Crippen molar-refractivity contribution >= 4 is 33.7 Å². The Hall–Kier alpha value is -3.15. The molecule has 2 aromatic heterocycles. The third-order valence-electron chi connectivity index (χ3n) is 3.27. The van der Waals surface area contributed by atoms with Crippen molar-refractivity contribution in [1.29, 1.82) is 0 Å². The Labute approximate surface area is 118 Å². The summed E-state index contributed by atoms with van der Waals surface area (Å²) >= 11 is 0. The smallest absolute Gasteiger partial charge is 0.255 e. The van der Waals surface area contributed by atoms with Crippen molar-refractivity contribution in [2.45, 2.75) is 0 Å². The van der Waals surface area contributed by atoms with E-state index in [-0.39, 0.29) is 5.91 Å². The van der Waals surface area contributed by atoms with Crippen molar-refractivity contribution in [2.75, 3.05) is 5.32 Å². The van der Waals surface area contributed by atoms with Gasteiger partial charge in [-0.05, 0) is 30.3 Å². The second kappa shape index (κ2) is 4.45. The topological polar surface area (TPSA) is 83.8 Å². The quantitative estimate of drug-likeness (QED) is 0.590. The van der Waals surface area contributed by atoms with E-state index in [1.54, 1.807) is 42.7 Å². The lowest BCUT2D eigenvalue weighted by atomic mass is 10.2. The molecule has 102 valence electrons. The highest BCUT2D eigenvalue weighted by atomic mass is 16.3. The number of oxazole rings is 1. The molecule has 6 nitrogen and oxygen atoms in total. The van der Waals surface area contributed by atoms with Gasteiger partial charge in [0.1, 0.15) is 5.52 Å². The molecular weight excluding hydrogens is 268 g/mol. The molecule has 0 saturated carbocycles. The maximum Gasteiger partial charge on any atom is 0.255 e. The summed E-state index contributed by atoms with van der Waals surface area (Å²) in [6.07, 6.45) is 2.98. The summed E-state index contributed by atoms with van der Waals surface area (Å²) < 4.78 is 5.22. The number of rotatable bonds is 2. The van der Waals surface area contributed by atoms with Gasteiger partial charge in [0.25, 0.3) is 5.91 Å². The van der Waals surface area contributed by atoms with Crippen LogP contribution in [0.2, 0.25) is 0 Å². The molecule has 21 heavy (non-hydrogen) atoms. The first-order valence-corrected chi connectivity index (χ1v) is 6.37. The summed E-state index contributed by atoms with van der Waals surface area (Å²) in [5.41, 5.74) is 4.27.